The fourth-order valence-corrected chi connectivity index (χ4v) is 2.64. The first-order valence-corrected chi connectivity index (χ1v) is 6.87. The quantitative estimate of drug-likeness (QED) is 0.885. The Balaban J connectivity index is 1.91. The van der Waals surface area contributed by atoms with Gasteiger partial charge in [-0.05, 0) is 43.4 Å². The standard InChI is InChI=1S/C15H18N2O2/c1-10(18)16-13-7-6-11-3-2-8-17(14(11)9-13)15(19)12-4-5-12/h6-7,9,12H,2-5,8H2,1H3,(H,16,18). The number of aryl methyl sites for hydroxylation is 1. The molecule has 4 nitrogen and oxygen atoms in total. The maximum absolute atomic E-state index is 12.3. The topological polar surface area (TPSA) is 49.4 Å². The molecular formula is C15H18N2O2. The van der Waals surface area contributed by atoms with Crippen molar-refractivity contribution in [3.05, 3.63) is 23.8 Å². The van der Waals surface area contributed by atoms with Crippen molar-refractivity contribution < 1.29 is 9.59 Å². The molecule has 1 aromatic carbocycles. The van der Waals surface area contributed by atoms with Crippen molar-refractivity contribution in [2.75, 3.05) is 16.8 Å². The summed E-state index contributed by atoms with van der Waals surface area (Å²) < 4.78 is 0. The van der Waals surface area contributed by atoms with Gasteiger partial charge in [0.05, 0.1) is 0 Å². The summed E-state index contributed by atoms with van der Waals surface area (Å²) in [5.41, 5.74) is 2.95. The molecule has 0 unspecified atom stereocenters. The lowest BCUT2D eigenvalue weighted by atomic mass is 10.0. The number of amides is 2. The van der Waals surface area contributed by atoms with Gasteiger partial charge in [0.25, 0.3) is 0 Å². The molecule has 2 amide bonds. The molecule has 0 radical (unpaired) electrons. The Morgan fingerprint density at radius 1 is 1.32 bits per heavy atom. The lowest BCUT2D eigenvalue weighted by molar-refractivity contribution is -0.119. The molecule has 1 aliphatic heterocycles. The van der Waals surface area contributed by atoms with Crippen LogP contribution in [0.25, 0.3) is 0 Å². The Morgan fingerprint density at radius 2 is 2.11 bits per heavy atom. The number of anilines is 2. The Hall–Kier alpha value is -1.84. The summed E-state index contributed by atoms with van der Waals surface area (Å²) in [4.78, 5) is 25.3. The number of hydrogen-bond acceptors (Lipinski definition) is 2. The molecule has 100 valence electrons. The lowest BCUT2D eigenvalue weighted by Gasteiger charge is -2.30. The second kappa shape index (κ2) is 4.68. The van der Waals surface area contributed by atoms with E-state index in [0.717, 1.165) is 43.6 Å². The summed E-state index contributed by atoms with van der Waals surface area (Å²) in [5.74, 6) is 0.395. The van der Waals surface area contributed by atoms with Gasteiger partial charge < -0.3 is 10.2 Å². The van der Waals surface area contributed by atoms with Gasteiger partial charge in [-0.2, -0.15) is 0 Å². The van der Waals surface area contributed by atoms with Crippen molar-refractivity contribution >= 4 is 23.2 Å². The van der Waals surface area contributed by atoms with Crippen LogP contribution in [-0.2, 0) is 16.0 Å². The first-order chi connectivity index (χ1) is 9.15. The highest BCUT2D eigenvalue weighted by Crippen LogP contribution is 2.36. The number of nitrogens with zero attached hydrogens (tertiary/aromatic N) is 1. The number of carbonyl (C=O) groups excluding carboxylic acids is 2. The van der Waals surface area contributed by atoms with Crippen molar-refractivity contribution in [2.24, 2.45) is 5.92 Å². The van der Waals surface area contributed by atoms with Crippen LogP contribution in [0.3, 0.4) is 0 Å². The third kappa shape index (κ3) is 2.48. The van der Waals surface area contributed by atoms with E-state index in [4.69, 9.17) is 0 Å². The van der Waals surface area contributed by atoms with Crippen LogP contribution >= 0.6 is 0 Å². The van der Waals surface area contributed by atoms with Crippen LogP contribution in [0, 0.1) is 5.92 Å². The minimum atomic E-state index is -0.0872. The number of carbonyl (C=O) groups is 2. The summed E-state index contributed by atoms with van der Waals surface area (Å²) >= 11 is 0. The van der Waals surface area contributed by atoms with E-state index in [1.807, 2.05) is 23.1 Å². The van der Waals surface area contributed by atoms with Gasteiger partial charge in [0.2, 0.25) is 11.8 Å². The van der Waals surface area contributed by atoms with Crippen LogP contribution in [0.5, 0.6) is 0 Å². The molecule has 1 N–H and O–H groups in total. The molecule has 1 fully saturated rings. The minimum absolute atomic E-state index is 0.0872. The summed E-state index contributed by atoms with van der Waals surface area (Å²) in [5, 5.41) is 2.78. The molecule has 1 aliphatic carbocycles. The van der Waals surface area contributed by atoms with Crippen molar-refractivity contribution in [3.8, 4) is 0 Å². The third-order valence-electron chi connectivity index (χ3n) is 3.72. The normalized spacial score (nSPS) is 17.8. The highest BCUT2D eigenvalue weighted by Gasteiger charge is 2.35. The maximum atomic E-state index is 12.3. The second-order valence-corrected chi connectivity index (χ2v) is 5.39. The number of nitrogens with one attached hydrogen (secondary N) is 1. The van der Waals surface area contributed by atoms with Gasteiger partial charge in [-0.25, -0.2) is 0 Å². The van der Waals surface area contributed by atoms with Crippen LogP contribution in [0.1, 0.15) is 31.7 Å². The van der Waals surface area contributed by atoms with E-state index in [-0.39, 0.29) is 17.7 Å². The minimum Gasteiger partial charge on any atom is -0.326 e. The molecular weight excluding hydrogens is 240 g/mol. The monoisotopic (exact) mass is 258 g/mol. The lowest BCUT2D eigenvalue weighted by Crippen LogP contribution is -2.36. The van der Waals surface area contributed by atoms with Crippen molar-refractivity contribution in [1.82, 2.24) is 0 Å². The van der Waals surface area contributed by atoms with E-state index in [1.54, 1.807) is 0 Å². The number of benzene rings is 1. The first-order valence-electron chi connectivity index (χ1n) is 6.87. The molecule has 2 aliphatic rings. The van der Waals surface area contributed by atoms with Crippen molar-refractivity contribution in [2.45, 2.75) is 32.6 Å². The van der Waals surface area contributed by atoms with Gasteiger partial charge in [-0.1, -0.05) is 6.07 Å². The van der Waals surface area contributed by atoms with Gasteiger partial charge in [0, 0.05) is 30.8 Å². The molecule has 4 heteroatoms. The highest BCUT2D eigenvalue weighted by molar-refractivity contribution is 5.98. The summed E-state index contributed by atoms with van der Waals surface area (Å²) in [6.07, 6.45) is 4.07. The zero-order valence-electron chi connectivity index (χ0n) is 11.1. The van der Waals surface area contributed by atoms with E-state index < -0.39 is 0 Å². The van der Waals surface area contributed by atoms with Gasteiger partial charge >= 0.3 is 0 Å². The molecule has 1 saturated carbocycles. The summed E-state index contributed by atoms with van der Waals surface area (Å²) in [7, 11) is 0. The smallest absolute Gasteiger partial charge is 0.230 e. The van der Waals surface area contributed by atoms with Crippen LogP contribution in [0.15, 0.2) is 18.2 Å². The average molecular weight is 258 g/mol. The summed E-state index contributed by atoms with van der Waals surface area (Å²) in [6, 6.07) is 5.86. The maximum Gasteiger partial charge on any atom is 0.230 e. The number of rotatable bonds is 2. The largest absolute Gasteiger partial charge is 0.326 e. The predicted octanol–water partition coefficient (Wildman–Crippen LogP) is 2.33. The molecule has 0 spiro atoms. The zero-order valence-corrected chi connectivity index (χ0v) is 11.1. The van der Waals surface area contributed by atoms with Crippen LogP contribution in [-0.4, -0.2) is 18.4 Å². The molecule has 0 aromatic heterocycles. The van der Waals surface area contributed by atoms with Gasteiger partial charge in [-0.3, -0.25) is 9.59 Å². The zero-order chi connectivity index (χ0) is 13.4. The molecule has 0 bridgehead atoms. The van der Waals surface area contributed by atoms with Crippen LogP contribution < -0.4 is 10.2 Å². The van der Waals surface area contributed by atoms with E-state index in [0.29, 0.717) is 0 Å². The fourth-order valence-electron chi connectivity index (χ4n) is 2.64. The van der Waals surface area contributed by atoms with E-state index in [1.165, 1.54) is 12.5 Å². The second-order valence-electron chi connectivity index (χ2n) is 5.39. The third-order valence-corrected chi connectivity index (χ3v) is 3.72. The first kappa shape index (κ1) is 12.2. The van der Waals surface area contributed by atoms with Gasteiger partial charge in [0.15, 0.2) is 0 Å². The average Bonchev–Trinajstić information content (AvgIpc) is 3.20. The Bertz CT molecular complexity index is 535. The van der Waals surface area contributed by atoms with E-state index >= 15 is 0 Å². The Kier molecular flexibility index (Phi) is 3.01. The van der Waals surface area contributed by atoms with E-state index in [2.05, 4.69) is 5.32 Å². The molecule has 3 rings (SSSR count). The van der Waals surface area contributed by atoms with Gasteiger partial charge in [-0.15, -0.1) is 0 Å². The summed E-state index contributed by atoms with van der Waals surface area (Å²) in [6.45, 7) is 2.29. The Labute approximate surface area is 112 Å². The molecule has 19 heavy (non-hydrogen) atoms. The highest BCUT2D eigenvalue weighted by atomic mass is 16.2. The molecule has 1 heterocycles. The number of fused-ring (bicyclic) bond motifs is 1. The van der Waals surface area contributed by atoms with Crippen LogP contribution in [0.2, 0.25) is 0 Å². The van der Waals surface area contributed by atoms with Crippen LogP contribution in [0.4, 0.5) is 11.4 Å². The van der Waals surface area contributed by atoms with Crippen molar-refractivity contribution in [3.63, 3.8) is 0 Å². The molecule has 0 saturated heterocycles. The Morgan fingerprint density at radius 3 is 2.79 bits per heavy atom. The fraction of sp³-hybridized carbons (Fsp3) is 0.467. The predicted molar refractivity (Wildman–Crippen MR) is 74.1 cm³/mol. The van der Waals surface area contributed by atoms with Gasteiger partial charge in [0.1, 0.15) is 0 Å². The van der Waals surface area contributed by atoms with Crippen molar-refractivity contribution in [1.29, 1.82) is 0 Å². The number of hydrogen-bond donors (Lipinski definition) is 1. The molecule has 0 atom stereocenters. The van der Waals surface area contributed by atoms with E-state index in [9.17, 15) is 9.59 Å². The SMILES string of the molecule is CC(=O)Nc1ccc2c(c1)N(C(=O)C1CC1)CCC2. The molecule has 1 aromatic rings.